The van der Waals surface area contributed by atoms with Gasteiger partial charge in [0.15, 0.2) is 0 Å². The van der Waals surface area contributed by atoms with E-state index in [2.05, 4.69) is 65.2 Å². The number of fused-ring (bicyclic) bond motifs is 1. The lowest BCUT2D eigenvalue weighted by Gasteiger charge is -2.27. The Morgan fingerprint density at radius 2 is 1.79 bits per heavy atom. The molecular formula is C17H20N2. The highest BCUT2D eigenvalue weighted by Gasteiger charge is 2.18. The Bertz CT molecular complexity index is 522. The van der Waals surface area contributed by atoms with Crippen molar-refractivity contribution in [3.05, 3.63) is 65.7 Å². The Labute approximate surface area is 114 Å². The van der Waals surface area contributed by atoms with Gasteiger partial charge in [-0.15, -0.1) is 0 Å². The van der Waals surface area contributed by atoms with Crippen LogP contribution in [0.3, 0.4) is 0 Å². The topological polar surface area (TPSA) is 24.1 Å². The highest BCUT2D eigenvalue weighted by molar-refractivity contribution is 5.54. The second kappa shape index (κ2) is 5.89. The van der Waals surface area contributed by atoms with Crippen molar-refractivity contribution >= 4 is 5.69 Å². The summed E-state index contributed by atoms with van der Waals surface area (Å²) >= 11 is 0. The first-order valence-corrected chi connectivity index (χ1v) is 7.01. The van der Waals surface area contributed by atoms with E-state index in [1.165, 1.54) is 23.2 Å². The van der Waals surface area contributed by atoms with Gasteiger partial charge in [0.05, 0.1) is 0 Å². The molecule has 1 heterocycles. The number of rotatable bonds is 4. The van der Waals surface area contributed by atoms with E-state index < -0.39 is 0 Å². The fourth-order valence-electron chi connectivity index (χ4n) is 2.75. The van der Waals surface area contributed by atoms with Crippen LogP contribution in [0.5, 0.6) is 0 Å². The lowest BCUT2D eigenvalue weighted by molar-refractivity contribution is 0.551. The summed E-state index contributed by atoms with van der Waals surface area (Å²) in [6.45, 7) is 3.08. The van der Waals surface area contributed by atoms with Crippen molar-refractivity contribution in [2.45, 2.75) is 18.9 Å². The van der Waals surface area contributed by atoms with Gasteiger partial charge in [0, 0.05) is 31.2 Å². The maximum atomic E-state index is 3.58. The van der Waals surface area contributed by atoms with E-state index in [1.54, 1.807) is 0 Å². The predicted molar refractivity (Wildman–Crippen MR) is 80.4 cm³/mol. The maximum absolute atomic E-state index is 3.58. The Kier molecular flexibility index (Phi) is 3.80. The van der Waals surface area contributed by atoms with Crippen LogP contribution < -0.4 is 10.6 Å². The monoisotopic (exact) mass is 252 g/mol. The lowest BCUT2D eigenvalue weighted by Crippen LogP contribution is -2.26. The minimum absolute atomic E-state index is 0.626. The average molecular weight is 252 g/mol. The van der Waals surface area contributed by atoms with Gasteiger partial charge in [-0.1, -0.05) is 48.5 Å². The number of anilines is 1. The zero-order chi connectivity index (χ0) is 12.9. The van der Waals surface area contributed by atoms with Crippen molar-refractivity contribution in [1.82, 2.24) is 5.32 Å². The zero-order valence-electron chi connectivity index (χ0n) is 11.1. The third kappa shape index (κ3) is 2.96. The molecule has 0 radical (unpaired) electrons. The fraction of sp³-hybridized carbons (Fsp3) is 0.294. The molecule has 0 bridgehead atoms. The SMILES string of the molecule is c1ccc(CNCC2CCNc3ccccc32)cc1. The molecule has 1 aliphatic heterocycles. The molecule has 2 heteroatoms. The average Bonchev–Trinajstić information content (AvgIpc) is 2.49. The van der Waals surface area contributed by atoms with Crippen molar-refractivity contribution in [2.24, 2.45) is 0 Å². The Morgan fingerprint density at radius 1 is 1.00 bits per heavy atom. The number of hydrogen-bond acceptors (Lipinski definition) is 2. The summed E-state index contributed by atoms with van der Waals surface area (Å²) in [5, 5.41) is 7.06. The molecule has 3 rings (SSSR count). The smallest absolute Gasteiger partial charge is 0.0376 e. The second-order valence-corrected chi connectivity index (χ2v) is 5.12. The quantitative estimate of drug-likeness (QED) is 0.871. The van der Waals surface area contributed by atoms with Gasteiger partial charge in [0.25, 0.3) is 0 Å². The first kappa shape index (κ1) is 12.2. The van der Waals surface area contributed by atoms with Gasteiger partial charge in [-0.2, -0.15) is 0 Å². The van der Waals surface area contributed by atoms with Crippen LogP contribution >= 0.6 is 0 Å². The van der Waals surface area contributed by atoms with Gasteiger partial charge in [0.2, 0.25) is 0 Å². The van der Waals surface area contributed by atoms with Gasteiger partial charge in [-0.3, -0.25) is 0 Å². The summed E-state index contributed by atoms with van der Waals surface area (Å²) in [5.74, 6) is 0.626. The number of hydrogen-bond donors (Lipinski definition) is 2. The third-order valence-electron chi connectivity index (χ3n) is 3.77. The fourth-order valence-corrected chi connectivity index (χ4v) is 2.75. The standard InChI is InChI=1S/C17H20N2/c1-2-6-14(7-3-1)12-18-13-15-10-11-19-17-9-5-4-8-16(15)17/h1-9,15,18-19H,10-13H2. The van der Waals surface area contributed by atoms with E-state index in [0.29, 0.717) is 5.92 Å². The minimum Gasteiger partial charge on any atom is -0.385 e. The molecule has 0 amide bonds. The number of para-hydroxylation sites is 1. The summed E-state index contributed by atoms with van der Waals surface area (Å²) < 4.78 is 0. The summed E-state index contributed by atoms with van der Waals surface area (Å²) in [6.07, 6.45) is 1.21. The second-order valence-electron chi connectivity index (χ2n) is 5.12. The molecule has 0 fully saturated rings. The van der Waals surface area contributed by atoms with Crippen LogP contribution in [0, 0.1) is 0 Å². The van der Waals surface area contributed by atoms with E-state index >= 15 is 0 Å². The molecule has 1 unspecified atom stereocenters. The van der Waals surface area contributed by atoms with Crippen LogP contribution in [-0.4, -0.2) is 13.1 Å². The Morgan fingerprint density at radius 3 is 2.68 bits per heavy atom. The normalized spacial score (nSPS) is 17.6. The van der Waals surface area contributed by atoms with Crippen LogP contribution in [0.15, 0.2) is 54.6 Å². The van der Waals surface area contributed by atoms with Crippen molar-refractivity contribution < 1.29 is 0 Å². The van der Waals surface area contributed by atoms with Crippen LogP contribution in [0.4, 0.5) is 5.69 Å². The molecule has 2 nitrogen and oxygen atoms in total. The molecule has 19 heavy (non-hydrogen) atoms. The van der Waals surface area contributed by atoms with E-state index in [1.807, 2.05) is 0 Å². The lowest BCUT2D eigenvalue weighted by atomic mass is 9.91. The minimum atomic E-state index is 0.626. The van der Waals surface area contributed by atoms with Gasteiger partial charge in [-0.25, -0.2) is 0 Å². The van der Waals surface area contributed by atoms with Crippen molar-refractivity contribution in [3.63, 3.8) is 0 Å². The molecule has 2 aromatic carbocycles. The molecule has 2 aromatic rings. The molecule has 0 saturated heterocycles. The zero-order valence-corrected chi connectivity index (χ0v) is 11.1. The van der Waals surface area contributed by atoms with Crippen LogP contribution in [0.25, 0.3) is 0 Å². The molecule has 1 aliphatic rings. The number of nitrogens with one attached hydrogen (secondary N) is 2. The van der Waals surface area contributed by atoms with E-state index in [9.17, 15) is 0 Å². The van der Waals surface area contributed by atoms with Crippen molar-refractivity contribution in [2.75, 3.05) is 18.4 Å². The maximum Gasteiger partial charge on any atom is 0.0376 e. The highest BCUT2D eigenvalue weighted by Crippen LogP contribution is 2.30. The van der Waals surface area contributed by atoms with Crippen LogP contribution in [0.2, 0.25) is 0 Å². The molecule has 0 saturated carbocycles. The summed E-state index contributed by atoms with van der Waals surface area (Å²) in [6, 6.07) is 19.3. The third-order valence-corrected chi connectivity index (χ3v) is 3.77. The van der Waals surface area contributed by atoms with Gasteiger partial charge < -0.3 is 10.6 Å². The molecule has 2 N–H and O–H groups in total. The Hall–Kier alpha value is -1.80. The van der Waals surface area contributed by atoms with E-state index in [0.717, 1.165) is 19.6 Å². The van der Waals surface area contributed by atoms with Crippen LogP contribution in [0.1, 0.15) is 23.5 Å². The number of benzene rings is 2. The molecule has 0 spiro atoms. The van der Waals surface area contributed by atoms with Crippen molar-refractivity contribution in [1.29, 1.82) is 0 Å². The van der Waals surface area contributed by atoms with Gasteiger partial charge in [0.1, 0.15) is 0 Å². The van der Waals surface area contributed by atoms with Gasteiger partial charge >= 0.3 is 0 Å². The largest absolute Gasteiger partial charge is 0.385 e. The molecule has 98 valence electrons. The first-order chi connectivity index (χ1) is 9.43. The van der Waals surface area contributed by atoms with Gasteiger partial charge in [-0.05, 0) is 23.6 Å². The molecule has 0 aliphatic carbocycles. The van der Waals surface area contributed by atoms with Crippen molar-refractivity contribution in [3.8, 4) is 0 Å². The molecular weight excluding hydrogens is 232 g/mol. The molecule has 1 atom stereocenters. The summed E-state index contributed by atoms with van der Waals surface area (Å²) in [7, 11) is 0. The summed E-state index contributed by atoms with van der Waals surface area (Å²) in [5.41, 5.74) is 4.11. The summed E-state index contributed by atoms with van der Waals surface area (Å²) in [4.78, 5) is 0. The van der Waals surface area contributed by atoms with E-state index in [-0.39, 0.29) is 0 Å². The van der Waals surface area contributed by atoms with Crippen LogP contribution in [-0.2, 0) is 6.54 Å². The van der Waals surface area contributed by atoms with E-state index in [4.69, 9.17) is 0 Å². The predicted octanol–water partition coefficient (Wildman–Crippen LogP) is 3.38. The molecule has 0 aromatic heterocycles. The highest BCUT2D eigenvalue weighted by atomic mass is 14.9. The Balaban J connectivity index is 1.59. The first-order valence-electron chi connectivity index (χ1n) is 7.01.